The number of hydrogen-bond acceptors (Lipinski definition) is 2. The van der Waals surface area contributed by atoms with Gasteiger partial charge in [0.25, 0.3) is 0 Å². The average Bonchev–Trinajstić information content (AvgIpc) is 2.24. The summed E-state index contributed by atoms with van der Waals surface area (Å²) in [6, 6.07) is 0. The van der Waals surface area contributed by atoms with Crippen molar-refractivity contribution in [1.29, 1.82) is 0 Å². The van der Waals surface area contributed by atoms with Gasteiger partial charge in [-0.1, -0.05) is 32.6 Å². The standard InChI is InChI=1S/C12H23O3/c1-2-3-8-11-15-12(14)9-6-4-5-7-10-13/h2-11H2,1H3. The van der Waals surface area contributed by atoms with Crippen molar-refractivity contribution in [2.75, 3.05) is 13.2 Å². The van der Waals surface area contributed by atoms with Gasteiger partial charge in [0.2, 0.25) is 0 Å². The Bertz CT molecular complexity index is 146. The molecule has 1 radical (unpaired) electrons. The number of ether oxygens (including phenoxy) is 1. The zero-order chi connectivity index (χ0) is 11.4. The van der Waals surface area contributed by atoms with Gasteiger partial charge in [0.1, 0.15) is 0 Å². The topological polar surface area (TPSA) is 46.2 Å². The summed E-state index contributed by atoms with van der Waals surface area (Å²) in [5.74, 6) is -0.0896. The van der Waals surface area contributed by atoms with E-state index in [9.17, 15) is 9.90 Å². The fourth-order valence-corrected chi connectivity index (χ4v) is 1.34. The maximum atomic E-state index is 11.2. The van der Waals surface area contributed by atoms with Crippen LogP contribution >= 0.6 is 0 Å². The molecular weight excluding hydrogens is 192 g/mol. The normalized spacial score (nSPS) is 10.3. The highest BCUT2D eigenvalue weighted by Crippen LogP contribution is 2.04. The van der Waals surface area contributed by atoms with Crippen LogP contribution in [0.15, 0.2) is 0 Å². The summed E-state index contributed by atoms with van der Waals surface area (Å²) in [5, 5.41) is 10.1. The second-order valence-corrected chi connectivity index (χ2v) is 3.80. The number of unbranched alkanes of at least 4 members (excludes halogenated alkanes) is 5. The fraction of sp³-hybridized carbons (Fsp3) is 0.917. The van der Waals surface area contributed by atoms with E-state index in [0.29, 0.717) is 13.0 Å². The van der Waals surface area contributed by atoms with Gasteiger partial charge in [-0.05, 0) is 19.3 Å². The van der Waals surface area contributed by atoms with E-state index in [-0.39, 0.29) is 12.6 Å². The predicted molar refractivity (Wildman–Crippen MR) is 59.1 cm³/mol. The molecule has 0 amide bonds. The monoisotopic (exact) mass is 215 g/mol. The van der Waals surface area contributed by atoms with E-state index < -0.39 is 0 Å². The first-order valence-corrected chi connectivity index (χ1v) is 6.05. The lowest BCUT2D eigenvalue weighted by Crippen LogP contribution is -2.05. The molecule has 0 aromatic heterocycles. The molecule has 0 bridgehead atoms. The highest BCUT2D eigenvalue weighted by atomic mass is 16.5. The number of esters is 1. The Morgan fingerprint density at radius 1 is 1.00 bits per heavy atom. The van der Waals surface area contributed by atoms with Crippen LogP contribution in [0.4, 0.5) is 0 Å². The third-order valence-corrected chi connectivity index (χ3v) is 2.29. The minimum absolute atomic E-state index is 0.00145. The molecule has 0 aliphatic carbocycles. The summed E-state index contributed by atoms with van der Waals surface area (Å²) in [7, 11) is 0. The molecule has 0 heterocycles. The number of rotatable bonds is 10. The van der Waals surface area contributed by atoms with E-state index in [0.717, 1.165) is 44.9 Å². The summed E-state index contributed by atoms with van der Waals surface area (Å²) < 4.78 is 5.05. The van der Waals surface area contributed by atoms with Gasteiger partial charge < -0.3 is 4.74 Å². The molecule has 0 atom stereocenters. The van der Waals surface area contributed by atoms with Gasteiger partial charge in [0, 0.05) is 6.42 Å². The number of hydrogen-bond donors (Lipinski definition) is 0. The van der Waals surface area contributed by atoms with Crippen molar-refractivity contribution >= 4 is 5.97 Å². The summed E-state index contributed by atoms with van der Waals surface area (Å²) in [5.41, 5.74) is 0. The molecule has 0 fully saturated rings. The third-order valence-electron chi connectivity index (χ3n) is 2.29. The van der Waals surface area contributed by atoms with Crippen LogP contribution in [0.1, 0.15) is 58.3 Å². The lowest BCUT2D eigenvalue weighted by atomic mass is 10.1. The van der Waals surface area contributed by atoms with Crippen LogP contribution in [0.2, 0.25) is 0 Å². The van der Waals surface area contributed by atoms with E-state index in [2.05, 4.69) is 6.92 Å². The maximum absolute atomic E-state index is 11.2. The SMILES string of the molecule is CCCCCOC(=O)CCCCCC[O]. The van der Waals surface area contributed by atoms with Crippen molar-refractivity contribution in [2.45, 2.75) is 58.3 Å². The molecule has 0 spiro atoms. The summed E-state index contributed by atoms with van der Waals surface area (Å²) in [4.78, 5) is 11.2. The van der Waals surface area contributed by atoms with Gasteiger partial charge >= 0.3 is 5.97 Å². The molecular formula is C12H23O3. The lowest BCUT2D eigenvalue weighted by Gasteiger charge is -2.03. The van der Waals surface area contributed by atoms with Crippen LogP contribution < -0.4 is 0 Å². The summed E-state index contributed by atoms with van der Waals surface area (Å²) in [6.07, 6.45) is 7.23. The molecule has 0 aromatic carbocycles. The Hall–Kier alpha value is -0.570. The van der Waals surface area contributed by atoms with E-state index in [1.807, 2.05) is 0 Å². The zero-order valence-electron chi connectivity index (χ0n) is 9.80. The van der Waals surface area contributed by atoms with Crippen LogP contribution in [0.3, 0.4) is 0 Å². The first-order chi connectivity index (χ1) is 7.31. The summed E-state index contributed by atoms with van der Waals surface area (Å²) >= 11 is 0. The van der Waals surface area contributed by atoms with Gasteiger partial charge in [-0.15, -0.1) is 0 Å². The van der Waals surface area contributed by atoms with Crippen molar-refractivity contribution in [1.82, 2.24) is 0 Å². The highest BCUT2D eigenvalue weighted by molar-refractivity contribution is 5.69. The molecule has 0 unspecified atom stereocenters. The Kier molecular flexibility index (Phi) is 11.1. The maximum Gasteiger partial charge on any atom is 0.305 e. The van der Waals surface area contributed by atoms with E-state index in [1.54, 1.807) is 0 Å². The van der Waals surface area contributed by atoms with Crippen molar-refractivity contribution in [3.05, 3.63) is 0 Å². The molecule has 0 rings (SSSR count). The molecule has 3 nitrogen and oxygen atoms in total. The zero-order valence-corrected chi connectivity index (χ0v) is 9.80. The van der Waals surface area contributed by atoms with Gasteiger partial charge in [-0.25, -0.2) is 5.11 Å². The Labute approximate surface area is 92.8 Å². The quantitative estimate of drug-likeness (QED) is 0.415. The molecule has 15 heavy (non-hydrogen) atoms. The van der Waals surface area contributed by atoms with Gasteiger partial charge in [0.15, 0.2) is 0 Å². The van der Waals surface area contributed by atoms with Crippen molar-refractivity contribution < 1.29 is 14.6 Å². The molecule has 0 N–H and O–H groups in total. The Balaban J connectivity index is 3.11. The summed E-state index contributed by atoms with van der Waals surface area (Å²) in [6.45, 7) is 2.69. The van der Waals surface area contributed by atoms with Crippen LogP contribution in [0, 0.1) is 0 Å². The molecule has 0 saturated heterocycles. The fourth-order valence-electron chi connectivity index (χ4n) is 1.34. The smallest absolute Gasteiger partial charge is 0.305 e. The van der Waals surface area contributed by atoms with Crippen molar-refractivity contribution in [3.63, 3.8) is 0 Å². The van der Waals surface area contributed by atoms with E-state index in [1.165, 1.54) is 0 Å². The van der Waals surface area contributed by atoms with Crippen molar-refractivity contribution in [3.8, 4) is 0 Å². The second-order valence-electron chi connectivity index (χ2n) is 3.80. The first-order valence-electron chi connectivity index (χ1n) is 6.05. The van der Waals surface area contributed by atoms with Crippen LogP contribution in [0.5, 0.6) is 0 Å². The Morgan fingerprint density at radius 2 is 1.73 bits per heavy atom. The van der Waals surface area contributed by atoms with E-state index in [4.69, 9.17) is 4.74 Å². The van der Waals surface area contributed by atoms with E-state index >= 15 is 0 Å². The lowest BCUT2D eigenvalue weighted by molar-refractivity contribution is -0.143. The average molecular weight is 215 g/mol. The molecule has 0 saturated carbocycles. The number of carbonyl (C=O) groups is 1. The molecule has 0 aliphatic rings. The van der Waals surface area contributed by atoms with Crippen LogP contribution in [0.25, 0.3) is 0 Å². The molecule has 0 aliphatic heterocycles. The largest absolute Gasteiger partial charge is 0.466 e. The Morgan fingerprint density at radius 3 is 2.40 bits per heavy atom. The third kappa shape index (κ3) is 11.4. The van der Waals surface area contributed by atoms with Crippen LogP contribution in [-0.2, 0) is 14.6 Å². The van der Waals surface area contributed by atoms with Gasteiger partial charge in [-0.2, -0.15) is 0 Å². The van der Waals surface area contributed by atoms with Crippen LogP contribution in [-0.4, -0.2) is 19.2 Å². The predicted octanol–water partition coefficient (Wildman–Crippen LogP) is 3.10. The van der Waals surface area contributed by atoms with Gasteiger partial charge in [-0.3, -0.25) is 4.79 Å². The number of carbonyl (C=O) groups excluding carboxylic acids is 1. The minimum atomic E-state index is -0.0896. The highest BCUT2D eigenvalue weighted by Gasteiger charge is 2.01. The first kappa shape index (κ1) is 14.4. The minimum Gasteiger partial charge on any atom is -0.466 e. The molecule has 89 valence electrons. The second kappa shape index (κ2) is 11.5. The molecule has 3 heteroatoms. The van der Waals surface area contributed by atoms with Crippen molar-refractivity contribution in [2.24, 2.45) is 0 Å². The molecule has 0 aromatic rings. The van der Waals surface area contributed by atoms with Gasteiger partial charge in [0.05, 0.1) is 13.2 Å².